The first-order chi connectivity index (χ1) is 8.38. The predicted molar refractivity (Wildman–Crippen MR) is 65.5 cm³/mol. The number of ether oxygens (including phenoxy) is 2. The third kappa shape index (κ3) is 3.70. The van der Waals surface area contributed by atoms with Gasteiger partial charge in [0.15, 0.2) is 0 Å². The van der Waals surface area contributed by atoms with Crippen LogP contribution in [0.25, 0.3) is 0 Å². The van der Waals surface area contributed by atoms with E-state index in [1.807, 2.05) is 0 Å². The summed E-state index contributed by atoms with van der Waals surface area (Å²) in [4.78, 5) is 10.8. The third-order valence-electron chi connectivity index (χ3n) is 1.89. The first-order valence-electron chi connectivity index (χ1n) is 4.70. The van der Waals surface area contributed by atoms with Crippen LogP contribution in [-0.2, 0) is 14.9 Å². The molecule has 9 heteroatoms. The average molecular weight is 275 g/mol. The normalized spacial score (nSPS) is 10.6. The van der Waals surface area contributed by atoms with Crippen LogP contribution in [0.1, 0.15) is 0 Å². The number of amides is 1. The molecule has 0 fully saturated rings. The zero-order valence-corrected chi connectivity index (χ0v) is 10.6. The minimum Gasteiger partial charge on any atom is -0.495 e. The van der Waals surface area contributed by atoms with Crippen molar-refractivity contribution in [2.45, 2.75) is 0 Å². The molecule has 1 rings (SSSR count). The van der Waals surface area contributed by atoms with Gasteiger partial charge in [0.1, 0.15) is 5.75 Å². The van der Waals surface area contributed by atoms with E-state index in [4.69, 9.17) is 10.5 Å². The third-order valence-corrected chi connectivity index (χ3v) is 2.83. The lowest BCUT2D eigenvalue weighted by Crippen LogP contribution is -2.35. The number of hydrogen-bond donors (Lipinski definition) is 3. The van der Waals surface area contributed by atoms with Crippen LogP contribution < -0.4 is 19.9 Å². The second kappa shape index (κ2) is 5.45. The molecule has 1 aromatic rings. The number of nitrogens with two attached hydrogens (primary N) is 1. The standard InChI is InChI=1S/C9H13N3O5S/c1-16-8-5-6(3-4-7(8)10)11-18(14,15)12-9(13)17-2/h3-5,11H,10H2,1-2H3,(H,12,13). The number of carbonyl (C=O) groups excluding carboxylic acids is 1. The van der Waals surface area contributed by atoms with Gasteiger partial charge in [-0.1, -0.05) is 0 Å². The molecule has 0 bridgehead atoms. The fourth-order valence-electron chi connectivity index (χ4n) is 1.11. The number of carbonyl (C=O) groups is 1. The Morgan fingerprint density at radius 2 is 2.00 bits per heavy atom. The van der Waals surface area contributed by atoms with E-state index >= 15 is 0 Å². The van der Waals surface area contributed by atoms with Gasteiger partial charge < -0.3 is 15.2 Å². The molecule has 1 aromatic carbocycles. The van der Waals surface area contributed by atoms with Gasteiger partial charge in [-0.05, 0) is 12.1 Å². The fraction of sp³-hybridized carbons (Fsp3) is 0.222. The molecule has 8 nitrogen and oxygen atoms in total. The molecule has 1 amide bonds. The van der Waals surface area contributed by atoms with Crippen molar-refractivity contribution in [2.24, 2.45) is 0 Å². The van der Waals surface area contributed by atoms with E-state index in [-0.39, 0.29) is 5.69 Å². The number of nitrogen functional groups attached to an aromatic ring is 1. The number of hydrogen-bond acceptors (Lipinski definition) is 6. The Morgan fingerprint density at radius 1 is 1.33 bits per heavy atom. The molecule has 100 valence electrons. The molecular weight excluding hydrogens is 262 g/mol. The molecule has 0 aliphatic heterocycles. The molecule has 0 saturated carbocycles. The summed E-state index contributed by atoms with van der Waals surface area (Å²) >= 11 is 0. The summed E-state index contributed by atoms with van der Waals surface area (Å²) < 4.78 is 35.8. The van der Waals surface area contributed by atoms with Crippen LogP contribution in [0.4, 0.5) is 16.2 Å². The van der Waals surface area contributed by atoms with Gasteiger partial charge in [-0.15, -0.1) is 0 Å². The van der Waals surface area contributed by atoms with E-state index in [1.54, 1.807) is 4.72 Å². The first-order valence-corrected chi connectivity index (χ1v) is 6.18. The second-order valence-electron chi connectivity index (χ2n) is 3.16. The van der Waals surface area contributed by atoms with Crippen molar-refractivity contribution >= 4 is 27.7 Å². The van der Waals surface area contributed by atoms with E-state index in [9.17, 15) is 13.2 Å². The smallest absolute Gasteiger partial charge is 0.422 e. The minimum absolute atomic E-state index is 0.192. The van der Waals surface area contributed by atoms with Gasteiger partial charge in [-0.3, -0.25) is 4.72 Å². The maximum absolute atomic E-state index is 11.5. The largest absolute Gasteiger partial charge is 0.495 e. The number of anilines is 2. The lowest BCUT2D eigenvalue weighted by molar-refractivity contribution is 0.177. The summed E-state index contributed by atoms with van der Waals surface area (Å²) in [6, 6.07) is 4.27. The summed E-state index contributed by atoms with van der Waals surface area (Å²) in [5, 5.41) is 0. The molecule has 0 atom stereocenters. The Morgan fingerprint density at radius 3 is 2.56 bits per heavy atom. The van der Waals surface area contributed by atoms with Crippen LogP contribution in [0, 0.1) is 0 Å². The second-order valence-corrected chi connectivity index (χ2v) is 4.57. The van der Waals surface area contributed by atoms with Crippen molar-refractivity contribution in [2.75, 3.05) is 24.7 Å². The molecule has 0 aromatic heterocycles. The van der Waals surface area contributed by atoms with Crippen molar-refractivity contribution in [1.29, 1.82) is 0 Å². The predicted octanol–water partition coefficient (Wildman–Crippen LogP) is 0.290. The summed E-state index contributed by atoms with van der Waals surface area (Å²) in [5.41, 5.74) is 6.13. The number of benzene rings is 1. The average Bonchev–Trinajstić information content (AvgIpc) is 2.30. The quantitative estimate of drug-likeness (QED) is 0.679. The lowest BCUT2D eigenvalue weighted by Gasteiger charge is -2.10. The van der Waals surface area contributed by atoms with Crippen LogP contribution in [0.5, 0.6) is 5.75 Å². The SMILES string of the molecule is COC(=O)NS(=O)(=O)Nc1ccc(N)c(OC)c1. The fourth-order valence-corrected chi connectivity index (χ4v) is 1.90. The maximum atomic E-state index is 11.5. The van der Waals surface area contributed by atoms with Gasteiger partial charge in [-0.25, -0.2) is 9.52 Å². The van der Waals surface area contributed by atoms with Gasteiger partial charge in [-0.2, -0.15) is 8.42 Å². The highest BCUT2D eigenvalue weighted by molar-refractivity contribution is 7.91. The van der Waals surface area contributed by atoms with Crippen molar-refractivity contribution in [1.82, 2.24) is 4.72 Å². The Labute approximate surface area is 104 Å². The zero-order chi connectivity index (χ0) is 13.8. The summed E-state index contributed by atoms with van der Waals surface area (Å²) in [6.07, 6.45) is -1.09. The number of rotatable bonds is 4. The highest BCUT2D eigenvalue weighted by Crippen LogP contribution is 2.25. The van der Waals surface area contributed by atoms with Crippen molar-refractivity contribution in [3.05, 3.63) is 18.2 Å². The molecule has 0 unspecified atom stereocenters. The van der Waals surface area contributed by atoms with E-state index in [0.29, 0.717) is 11.4 Å². The molecule has 4 N–H and O–H groups in total. The Balaban J connectivity index is 2.87. The maximum Gasteiger partial charge on any atom is 0.422 e. The topological polar surface area (TPSA) is 120 Å². The van der Waals surface area contributed by atoms with E-state index in [1.165, 1.54) is 25.3 Å². The Kier molecular flexibility index (Phi) is 4.21. The molecule has 0 saturated heterocycles. The molecular formula is C9H13N3O5S. The Hall–Kier alpha value is -2.16. The molecule has 18 heavy (non-hydrogen) atoms. The molecule has 0 aliphatic carbocycles. The molecule has 0 spiro atoms. The lowest BCUT2D eigenvalue weighted by atomic mass is 10.3. The van der Waals surface area contributed by atoms with Gasteiger partial charge in [0.2, 0.25) is 0 Å². The highest BCUT2D eigenvalue weighted by Gasteiger charge is 2.15. The van der Waals surface area contributed by atoms with Crippen LogP contribution in [0.15, 0.2) is 18.2 Å². The number of methoxy groups -OCH3 is 2. The molecule has 0 aliphatic rings. The van der Waals surface area contributed by atoms with E-state index in [2.05, 4.69) is 9.46 Å². The highest BCUT2D eigenvalue weighted by atomic mass is 32.2. The molecule has 0 radical (unpaired) electrons. The zero-order valence-electron chi connectivity index (χ0n) is 9.76. The van der Waals surface area contributed by atoms with Crippen LogP contribution in [0.2, 0.25) is 0 Å². The van der Waals surface area contributed by atoms with E-state index in [0.717, 1.165) is 7.11 Å². The van der Waals surface area contributed by atoms with Crippen LogP contribution in [0.3, 0.4) is 0 Å². The Bertz CT molecular complexity index is 543. The van der Waals surface area contributed by atoms with E-state index < -0.39 is 16.3 Å². The molecule has 0 heterocycles. The first kappa shape index (κ1) is 13.9. The monoisotopic (exact) mass is 275 g/mol. The number of nitrogens with one attached hydrogen (secondary N) is 2. The summed E-state index contributed by atoms with van der Waals surface area (Å²) in [7, 11) is -1.60. The van der Waals surface area contributed by atoms with Crippen LogP contribution >= 0.6 is 0 Å². The van der Waals surface area contributed by atoms with Gasteiger partial charge in [0, 0.05) is 6.07 Å². The van der Waals surface area contributed by atoms with Gasteiger partial charge >= 0.3 is 16.3 Å². The summed E-state index contributed by atoms with van der Waals surface area (Å²) in [6.45, 7) is 0. The van der Waals surface area contributed by atoms with Gasteiger partial charge in [0.05, 0.1) is 25.6 Å². The minimum atomic E-state index is -4.05. The van der Waals surface area contributed by atoms with Crippen LogP contribution in [-0.4, -0.2) is 28.7 Å². The van der Waals surface area contributed by atoms with Crippen molar-refractivity contribution in [3.8, 4) is 5.75 Å². The van der Waals surface area contributed by atoms with Crippen molar-refractivity contribution < 1.29 is 22.7 Å². The van der Waals surface area contributed by atoms with Gasteiger partial charge in [0.25, 0.3) is 0 Å². The van der Waals surface area contributed by atoms with Crippen molar-refractivity contribution in [3.63, 3.8) is 0 Å². The summed E-state index contributed by atoms with van der Waals surface area (Å²) in [5.74, 6) is 0.313.